The highest BCUT2D eigenvalue weighted by molar-refractivity contribution is 5.85. The van der Waals surface area contributed by atoms with Gasteiger partial charge in [0.1, 0.15) is 12.0 Å². The summed E-state index contributed by atoms with van der Waals surface area (Å²) in [6.07, 6.45) is 0.532. The standard InChI is InChI=1S/C20H23FN4O.2ClH/c1-14(26)24-11-10-17(13-24)22-20-23-18-4-2-3-5-19(18)25(20)12-15-6-8-16(21)9-7-15;;/h2-9,14,17,26H,10-13H2,1H3,(H,22,23);2*1H. The Morgan fingerprint density at radius 1 is 1.18 bits per heavy atom. The molecule has 28 heavy (non-hydrogen) atoms. The lowest BCUT2D eigenvalue weighted by Gasteiger charge is -2.20. The molecule has 1 aromatic heterocycles. The van der Waals surface area contributed by atoms with Crippen molar-refractivity contribution in [3.63, 3.8) is 0 Å². The molecule has 2 heterocycles. The Morgan fingerprint density at radius 2 is 1.89 bits per heavy atom. The van der Waals surface area contributed by atoms with Gasteiger partial charge in [0, 0.05) is 19.1 Å². The number of rotatable bonds is 5. The van der Waals surface area contributed by atoms with Crippen LogP contribution in [0.5, 0.6) is 0 Å². The SMILES string of the molecule is CC(O)N1CCC(Nc2nc3ccccc3n2Cc2ccc(F)cc2)C1.Cl.Cl. The van der Waals surface area contributed by atoms with Crippen LogP contribution in [0.15, 0.2) is 48.5 Å². The van der Waals surface area contributed by atoms with Crippen LogP contribution in [0.4, 0.5) is 10.3 Å². The molecule has 0 saturated carbocycles. The van der Waals surface area contributed by atoms with E-state index in [1.807, 2.05) is 29.2 Å². The number of hydrogen-bond acceptors (Lipinski definition) is 4. The topological polar surface area (TPSA) is 53.3 Å². The average Bonchev–Trinajstić information content (AvgIpc) is 3.23. The van der Waals surface area contributed by atoms with Crippen LogP contribution in [-0.2, 0) is 6.54 Å². The predicted octanol–water partition coefficient (Wildman–Crippen LogP) is 3.89. The fourth-order valence-electron chi connectivity index (χ4n) is 3.55. The van der Waals surface area contributed by atoms with E-state index in [1.165, 1.54) is 12.1 Å². The maximum atomic E-state index is 13.2. The lowest BCUT2D eigenvalue weighted by molar-refractivity contribution is 0.0363. The maximum absolute atomic E-state index is 13.2. The van der Waals surface area contributed by atoms with Gasteiger partial charge >= 0.3 is 0 Å². The minimum absolute atomic E-state index is 0. The molecule has 2 unspecified atom stereocenters. The van der Waals surface area contributed by atoms with E-state index in [4.69, 9.17) is 4.98 Å². The number of aliphatic hydroxyl groups is 1. The zero-order valence-corrected chi connectivity index (χ0v) is 17.2. The van der Waals surface area contributed by atoms with Gasteiger partial charge in [-0.25, -0.2) is 9.37 Å². The number of imidazole rings is 1. The summed E-state index contributed by atoms with van der Waals surface area (Å²) in [5.41, 5.74) is 3.00. The van der Waals surface area contributed by atoms with E-state index in [1.54, 1.807) is 19.1 Å². The lowest BCUT2D eigenvalue weighted by atomic mass is 10.2. The molecule has 4 rings (SSSR count). The molecule has 1 aliphatic rings. The Hall–Kier alpha value is -1.86. The number of aromatic nitrogens is 2. The van der Waals surface area contributed by atoms with Gasteiger partial charge in [-0.3, -0.25) is 4.90 Å². The van der Waals surface area contributed by atoms with E-state index in [0.29, 0.717) is 6.54 Å². The molecule has 2 aromatic carbocycles. The summed E-state index contributed by atoms with van der Waals surface area (Å²) in [5.74, 6) is 0.583. The number of para-hydroxylation sites is 2. The molecule has 152 valence electrons. The number of likely N-dealkylation sites (tertiary alicyclic amines) is 1. The van der Waals surface area contributed by atoms with Crippen molar-refractivity contribution >= 4 is 41.8 Å². The number of hydrogen-bond donors (Lipinski definition) is 2. The maximum Gasteiger partial charge on any atom is 0.204 e. The Morgan fingerprint density at radius 3 is 2.57 bits per heavy atom. The van der Waals surface area contributed by atoms with E-state index in [-0.39, 0.29) is 36.7 Å². The van der Waals surface area contributed by atoms with Crippen LogP contribution in [-0.4, -0.2) is 44.9 Å². The second-order valence-electron chi connectivity index (χ2n) is 6.89. The first-order valence-corrected chi connectivity index (χ1v) is 8.98. The van der Waals surface area contributed by atoms with Gasteiger partial charge in [-0.1, -0.05) is 24.3 Å². The quantitative estimate of drug-likeness (QED) is 0.649. The highest BCUT2D eigenvalue weighted by Gasteiger charge is 2.26. The van der Waals surface area contributed by atoms with E-state index in [0.717, 1.165) is 42.1 Å². The summed E-state index contributed by atoms with van der Waals surface area (Å²) < 4.78 is 15.3. The number of fused-ring (bicyclic) bond motifs is 1. The van der Waals surface area contributed by atoms with Crippen LogP contribution >= 0.6 is 24.8 Å². The summed E-state index contributed by atoms with van der Waals surface area (Å²) in [6, 6.07) is 14.8. The summed E-state index contributed by atoms with van der Waals surface area (Å²) in [6.45, 7) is 4.08. The number of benzene rings is 2. The third-order valence-electron chi connectivity index (χ3n) is 4.99. The minimum atomic E-state index is -0.431. The normalized spacial score (nSPS) is 17.8. The first-order valence-electron chi connectivity index (χ1n) is 8.98. The number of anilines is 1. The average molecular weight is 427 g/mol. The van der Waals surface area contributed by atoms with Crippen LogP contribution in [0, 0.1) is 5.82 Å². The van der Waals surface area contributed by atoms with Crippen molar-refractivity contribution in [2.45, 2.75) is 32.2 Å². The smallest absolute Gasteiger partial charge is 0.204 e. The van der Waals surface area contributed by atoms with E-state index >= 15 is 0 Å². The zero-order chi connectivity index (χ0) is 18.1. The highest BCUT2D eigenvalue weighted by Crippen LogP contribution is 2.24. The second-order valence-corrected chi connectivity index (χ2v) is 6.89. The number of nitrogens with zero attached hydrogens (tertiary/aromatic N) is 3. The van der Waals surface area contributed by atoms with Crippen LogP contribution in [0.3, 0.4) is 0 Å². The van der Waals surface area contributed by atoms with Crippen LogP contribution in [0.2, 0.25) is 0 Å². The van der Waals surface area contributed by atoms with Gasteiger partial charge in [0.2, 0.25) is 5.95 Å². The molecule has 1 saturated heterocycles. The summed E-state index contributed by atoms with van der Waals surface area (Å²) in [7, 11) is 0. The van der Waals surface area contributed by atoms with Crippen LogP contribution in [0.25, 0.3) is 11.0 Å². The Kier molecular flexibility index (Phi) is 7.66. The van der Waals surface area contributed by atoms with Gasteiger partial charge in [0.05, 0.1) is 17.6 Å². The molecule has 8 heteroatoms. The van der Waals surface area contributed by atoms with Crippen molar-refractivity contribution in [2.75, 3.05) is 18.4 Å². The van der Waals surface area contributed by atoms with Gasteiger partial charge < -0.3 is 15.0 Å². The largest absolute Gasteiger partial charge is 0.379 e. The summed E-state index contributed by atoms with van der Waals surface area (Å²) in [5, 5.41) is 13.3. The van der Waals surface area contributed by atoms with E-state index < -0.39 is 6.23 Å². The van der Waals surface area contributed by atoms with Crippen molar-refractivity contribution < 1.29 is 9.50 Å². The van der Waals surface area contributed by atoms with E-state index in [9.17, 15) is 9.50 Å². The Balaban J connectivity index is 0.00000140. The third-order valence-corrected chi connectivity index (χ3v) is 4.99. The van der Waals surface area contributed by atoms with Crippen molar-refractivity contribution in [2.24, 2.45) is 0 Å². The monoisotopic (exact) mass is 426 g/mol. The van der Waals surface area contributed by atoms with E-state index in [2.05, 4.69) is 9.88 Å². The fraction of sp³-hybridized carbons (Fsp3) is 0.350. The van der Waals surface area contributed by atoms with Crippen LogP contribution < -0.4 is 5.32 Å². The van der Waals surface area contributed by atoms with Gasteiger partial charge in [-0.15, -0.1) is 24.8 Å². The van der Waals surface area contributed by atoms with Crippen molar-refractivity contribution in [3.8, 4) is 0 Å². The molecular weight excluding hydrogens is 402 g/mol. The van der Waals surface area contributed by atoms with Gasteiger partial charge in [0.25, 0.3) is 0 Å². The minimum Gasteiger partial charge on any atom is -0.379 e. The molecule has 1 fully saturated rings. The molecule has 0 radical (unpaired) electrons. The third kappa shape index (κ3) is 4.75. The number of aliphatic hydroxyl groups excluding tert-OH is 1. The molecule has 0 bridgehead atoms. The van der Waals surface area contributed by atoms with Gasteiger partial charge in [-0.2, -0.15) is 0 Å². The second kappa shape index (κ2) is 9.56. The summed E-state index contributed by atoms with van der Waals surface area (Å²) >= 11 is 0. The van der Waals surface area contributed by atoms with Gasteiger partial charge in [0.15, 0.2) is 0 Å². The van der Waals surface area contributed by atoms with Crippen molar-refractivity contribution in [1.29, 1.82) is 0 Å². The molecule has 0 amide bonds. The molecule has 0 aliphatic carbocycles. The summed E-state index contributed by atoms with van der Waals surface area (Å²) in [4.78, 5) is 6.80. The zero-order valence-electron chi connectivity index (χ0n) is 15.6. The van der Waals surface area contributed by atoms with Crippen molar-refractivity contribution in [3.05, 3.63) is 59.9 Å². The number of nitrogens with one attached hydrogen (secondary N) is 1. The first kappa shape index (κ1) is 22.4. The molecular formula is C20H25Cl2FN4O. The van der Waals surface area contributed by atoms with Gasteiger partial charge in [-0.05, 0) is 43.2 Å². The Labute approximate surface area is 176 Å². The first-order chi connectivity index (χ1) is 12.6. The predicted molar refractivity (Wildman–Crippen MR) is 115 cm³/mol. The molecule has 2 N–H and O–H groups in total. The van der Waals surface area contributed by atoms with Crippen molar-refractivity contribution in [1.82, 2.24) is 14.5 Å². The molecule has 2 atom stereocenters. The molecule has 5 nitrogen and oxygen atoms in total. The number of halogens is 3. The molecule has 0 spiro atoms. The lowest BCUT2D eigenvalue weighted by Crippen LogP contribution is -2.33. The Bertz CT molecular complexity index is 901. The highest BCUT2D eigenvalue weighted by atomic mass is 35.5. The van der Waals surface area contributed by atoms with Crippen LogP contribution in [0.1, 0.15) is 18.9 Å². The molecule has 1 aliphatic heterocycles. The molecule has 3 aromatic rings. The fourth-order valence-corrected chi connectivity index (χ4v) is 3.55.